The summed E-state index contributed by atoms with van der Waals surface area (Å²) in [6.07, 6.45) is 42.6. The second-order valence-corrected chi connectivity index (χ2v) is 21.2. The molecule has 4 aliphatic carbocycles. The van der Waals surface area contributed by atoms with Crippen LogP contribution in [0.5, 0.6) is 0 Å². The van der Waals surface area contributed by atoms with Gasteiger partial charge in [-0.3, -0.25) is 0 Å². The molecule has 0 saturated heterocycles. The maximum absolute atomic E-state index is 6.44. The van der Waals surface area contributed by atoms with Gasteiger partial charge in [0.25, 0.3) is 0 Å². The van der Waals surface area contributed by atoms with Gasteiger partial charge < -0.3 is 29.0 Å². The van der Waals surface area contributed by atoms with E-state index >= 15 is 0 Å². The number of nitrogens with one attached hydrogen (secondary N) is 1. The summed E-state index contributed by atoms with van der Waals surface area (Å²) in [7, 11) is 0. The van der Waals surface area contributed by atoms with Crippen molar-refractivity contribution in [3.05, 3.63) is 36.0 Å². The van der Waals surface area contributed by atoms with Crippen molar-refractivity contribution < 1.29 is 23.7 Å². The number of allylic oxidation sites excluding steroid dienone is 5. The lowest BCUT2D eigenvalue weighted by molar-refractivity contribution is -0.0699. The van der Waals surface area contributed by atoms with Crippen LogP contribution in [0.15, 0.2) is 36.0 Å². The zero-order valence-corrected chi connectivity index (χ0v) is 41.9. The molecule has 0 aliphatic heterocycles. The molecule has 0 spiro atoms. The fourth-order valence-electron chi connectivity index (χ4n) is 12.5. The van der Waals surface area contributed by atoms with Crippen LogP contribution < -0.4 is 5.32 Å². The molecule has 0 aromatic rings. The van der Waals surface area contributed by atoms with Crippen molar-refractivity contribution >= 4 is 0 Å². The Morgan fingerprint density at radius 3 is 2.15 bits per heavy atom. The molecule has 0 heterocycles. The molecule has 360 valence electrons. The van der Waals surface area contributed by atoms with E-state index in [4.69, 9.17) is 23.7 Å². The Bertz CT molecular complexity index is 1230. The first kappa shape index (κ1) is 53.6. The van der Waals surface area contributed by atoms with Gasteiger partial charge in [0.2, 0.25) is 0 Å². The van der Waals surface area contributed by atoms with E-state index in [1.807, 2.05) is 0 Å². The number of likely N-dealkylation sites (N-methyl/N-ethyl adjacent to an activating group) is 1. The highest BCUT2D eigenvalue weighted by atomic mass is 16.6. The van der Waals surface area contributed by atoms with E-state index in [2.05, 4.69) is 84.2 Å². The average Bonchev–Trinajstić information content (AvgIpc) is 3.62. The number of fused-ring (bicyclic) bond motifs is 5. The maximum Gasteiger partial charge on any atom is 0.0933 e. The van der Waals surface area contributed by atoms with E-state index in [-0.39, 0.29) is 6.10 Å². The van der Waals surface area contributed by atoms with Gasteiger partial charge >= 0.3 is 0 Å². The van der Waals surface area contributed by atoms with E-state index in [1.165, 1.54) is 128 Å². The lowest BCUT2D eigenvalue weighted by atomic mass is 9.47. The van der Waals surface area contributed by atoms with Crippen molar-refractivity contribution in [2.24, 2.45) is 46.3 Å². The number of rotatable bonds is 36. The van der Waals surface area contributed by atoms with Gasteiger partial charge in [-0.25, -0.2) is 0 Å². The summed E-state index contributed by atoms with van der Waals surface area (Å²) in [5.74, 6) is 5.34. The van der Waals surface area contributed by atoms with E-state index in [9.17, 15) is 0 Å². The Balaban J connectivity index is 0.977. The molecule has 6 heteroatoms. The SMILES string of the molecule is CCCCC/C=C\C/C=C\CCCCCCCCOCC(CNCC)OCCOCCOCCO[C@H]1CC[C@@]2(C)C(=CC[C@H]3[C@@H]4CC[C@H]([C@H](C)CCCC(C)C)[C@@]4(C)CC[C@@H]32)C1. The standard InChI is InChI=1S/C56H101NO5/c1-8-10-11-12-13-14-15-16-17-18-19-20-21-22-23-24-36-60-45-50(44-57-9-2)62-42-40-59-38-37-58-39-41-61-49-32-34-55(6)48(43-49)28-29-51-53-31-30-52(47(5)27-25-26-46(3)4)56(53,7)35-33-54(51)55/h13-14,16-17,28,46-47,49-54,57H,8-12,15,18-27,29-45H2,1-7H3/b14-13-,17-16-/t47-,49+,50?,51+,52-,53+,54+,55+,56-/m1/s1. The first-order valence-electron chi connectivity index (χ1n) is 26.9. The van der Waals surface area contributed by atoms with E-state index in [0.29, 0.717) is 63.2 Å². The second-order valence-electron chi connectivity index (χ2n) is 21.2. The Hall–Kier alpha value is -1.02. The van der Waals surface area contributed by atoms with Gasteiger partial charge in [-0.15, -0.1) is 0 Å². The number of ether oxygens (including phenoxy) is 5. The Morgan fingerprint density at radius 1 is 0.694 bits per heavy atom. The number of hydrogen-bond donors (Lipinski definition) is 1. The van der Waals surface area contributed by atoms with Crippen molar-refractivity contribution in [2.45, 2.75) is 208 Å². The van der Waals surface area contributed by atoms with Crippen LogP contribution in [-0.2, 0) is 23.7 Å². The molecule has 0 aromatic heterocycles. The third-order valence-electron chi connectivity index (χ3n) is 16.2. The monoisotopic (exact) mass is 868 g/mol. The summed E-state index contributed by atoms with van der Waals surface area (Å²) in [4.78, 5) is 0. The molecule has 4 rings (SSSR count). The van der Waals surface area contributed by atoms with Gasteiger partial charge in [-0.2, -0.15) is 0 Å². The fraction of sp³-hybridized carbons (Fsp3) is 0.893. The van der Waals surface area contributed by atoms with Crippen LogP contribution in [0.1, 0.15) is 196 Å². The van der Waals surface area contributed by atoms with Crippen LogP contribution in [0.3, 0.4) is 0 Å². The maximum atomic E-state index is 6.44. The van der Waals surface area contributed by atoms with E-state index in [1.54, 1.807) is 5.57 Å². The van der Waals surface area contributed by atoms with Crippen molar-refractivity contribution in [3.63, 3.8) is 0 Å². The Morgan fingerprint density at radius 2 is 1.40 bits per heavy atom. The molecule has 62 heavy (non-hydrogen) atoms. The summed E-state index contributed by atoms with van der Waals surface area (Å²) in [6.45, 7) is 23.9. The minimum atomic E-state index is 0.0524. The van der Waals surface area contributed by atoms with Crippen molar-refractivity contribution in [1.29, 1.82) is 0 Å². The Kier molecular flexibility index (Phi) is 26.8. The average molecular weight is 868 g/mol. The molecule has 0 amide bonds. The first-order valence-corrected chi connectivity index (χ1v) is 26.9. The molecule has 1 N–H and O–H groups in total. The summed E-state index contributed by atoms with van der Waals surface area (Å²) in [5.41, 5.74) is 2.66. The highest BCUT2D eigenvalue weighted by molar-refractivity contribution is 5.25. The van der Waals surface area contributed by atoms with Crippen LogP contribution in [-0.4, -0.2) is 78.2 Å². The predicted molar refractivity (Wildman–Crippen MR) is 263 cm³/mol. The first-order chi connectivity index (χ1) is 30.2. The molecular weight excluding hydrogens is 767 g/mol. The summed E-state index contributed by atoms with van der Waals surface area (Å²) in [6, 6.07) is 0. The molecule has 0 bridgehead atoms. The topological polar surface area (TPSA) is 58.2 Å². The molecule has 0 aromatic carbocycles. The lowest BCUT2D eigenvalue weighted by Gasteiger charge is -2.58. The summed E-state index contributed by atoms with van der Waals surface area (Å²) < 4.78 is 30.4. The molecule has 6 nitrogen and oxygen atoms in total. The highest BCUT2D eigenvalue weighted by Gasteiger charge is 2.59. The van der Waals surface area contributed by atoms with Gasteiger partial charge in [0.05, 0.1) is 58.5 Å². The zero-order chi connectivity index (χ0) is 44.3. The normalized spacial score (nSPS) is 28.4. The van der Waals surface area contributed by atoms with Crippen LogP contribution in [0, 0.1) is 46.3 Å². The van der Waals surface area contributed by atoms with Crippen LogP contribution in [0.2, 0.25) is 0 Å². The third-order valence-corrected chi connectivity index (χ3v) is 16.2. The zero-order valence-electron chi connectivity index (χ0n) is 41.9. The van der Waals surface area contributed by atoms with Crippen molar-refractivity contribution in [1.82, 2.24) is 5.32 Å². The van der Waals surface area contributed by atoms with Gasteiger partial charge in [-0.1, -0.05) is 142 Å². The molecule has 9 atom stereocenters. The summed E-state index contributed by atoms with van der Waals surface area (Å²) >= 11 is 0. The van der Waals surface area contributed by atoms with E-state index in [0.717, 1.165) is 74.5 Å². The lowest BCUT2D eigenvalue weighted by Crippen LogP contribution is -2.51. The Labute approximate surface area is 384 Å². The third kappa shape index (κ3) is 18.3. The quantitative estimate of drug-likeness (QED) is 0.0500. The largest absolute Gasteiger partial charge is 0.379 e. The second kappa shape index (κ2) is 31.0. The number of unbranched alkanes of at least 4 members (excludes halogenated alkanes) is 9. The van der Waals surface area contributed by atoms with Crippen molar-refractivity contribution in [2.75, 3.05) is 65.9 Å². The molecular formula is C56H101NO5. The fourth-order valence-corrected chi connectivity index (χ4v) is 12.5. The number of hydrogen-bond acceptors (Lipinski definition) is 6. The van der Waals surface area contributed by atoms with Crippen LogP contribution >= 0.6 is 0 Å². The van der Waals surface area contributed by atoms with Crippen molar-refractivity contribution in [3.8, 4) is 0 Å². The van der Waals surface area contributed by atoms with Gasteiger partial charge in [0.1, 0.15) is 0 Å². The smallest absolute Gasteiger partial charge is 0.0933 e. The molecule has 0 radical (unpaired) electrons. The minimum Gasteiger partial charge on any atom is -0.379 e. The van der Waals surface area contributed by atoms with Gasteiger partial charge in [0.15, 0.2) is 0 Å². The van der Waals surface area contributed by atoms with Crippen LogP contribution in [0.25, 0.3) is 0 Å². The van der Waals surface area contributed by atoms with Gasteiger partial charge in [0, 0.05) is 13.2 Å². The van der Waals surface area contributed by atoms with Gasteiger partial charge in [-0.05, 0) is 143 Å². The molecule has 4 aliphatic rings. The molecule has 3 saturated carbocycles. The van der Waals surface area contributed by atoms with Crippen LogP contribution in [0.4, 0.5) is 0 Å². The van der Waals surface area contributed by atoms with E-state index < -0.39 is 0 Å². The predicted octanol–water partition coefficient (Wildman–Crippen LogP) is 14.3. The minimum absolute atomic E-state index is 0.0524. The summed E-state index contributed by atoms with van der Waals surface area (Å²) in [5, 5.41) is 3.42. The molecule has 1 unspecified atom stereocenters. The highest BCUT2D eigenvalue weighted by Crippen LogP contribution is 2.67. The molecule has 3 fully saturated rings.